The fraction of sp³-hybridized carbons (Fsp3) is 0. The lowest BCUT2D eigenvalue weighted by molar-refractivity contribution is 1.13. The molecule has 3 aromatic heterocycles. The van der Waals surface area contributed by atoms with Gasteiger partial charge in [0.1, 0.15) is 0 Å². The number of hydrogen-bond donors (Lipinski definition) is 0. The van der Waals surface area contributed by atoms with Crippen molar-refractivity contribution in [3.63, 3.8) is 0 Å². The summed E-state index contributed by atoms with van der Waals surface area (Å²) in [6, 6.07) is 14.8. The van der Waals surface area contributed by atoms with Crippen molar-refractivity contribution in [2.45, 2.75) is 0 Å². The molecule has 0 bridgehead atoms. The molecule has 0 aliphatic rings. The van der Waals surface area contributed by atoms with Crippen molar-refractivity contribution in [2.75, 3.05) is 0 Å². The maximum absolute atomic E-state index is 10.3. The van der Waals surface area contributed by atoms with Gasteiger partial charge in [-0.05, 0) is 106 Å². The lowest BCUT2D eigenvalue weighted by Gasteiger charge is -2.17. The summed E-state index contributed by atoms with van der Waals surface area (Å²) in [5, 5.41) is -2.39. The average Bonchev–Trinajstić information content (AvgIpc) is 1.55. The van der Waals surface area contributed by atoms with Crippen LogP contribution in [0.2, 0.25) is 0 Å². The van der Waals surface area contributed by atoms with Crippen LogP contribution in [0.3, 0.4) is 0 Å². The van der Waals surface area contributed by atoms with E-state index in [4.69, 9.17) is 13.7 Å². The van der Waals surface area contributed by atoms with E-state index in [1.165, 1.54) is 4.57 Å². The Labute approximate surface area is 395 Å². The summed E-state index contributed by atoms with van der Waals surface area (Å²) in [5.74, 6) is 0. The molecule has 0 aliphatic carbocycles. The van der Waals surface area contributed by atoms with Crippen molar-refractivity contribution in [3.8, 4) is 50.4 Å². The lowest BCUT2D eigenvalue weighted by atomic mass is 9.95. The number of fused-ring (bicyclic) bond motifs is 9. The Morgan fingerprint density at radius 2 is 0.730 bits per heavy atom. The minimum atomic E-state index is -0.931. The molecule has 10 aromatic carbocycles. The van der Waals surface area contributed by atoms with Crippen molar-refractivity contribution >= 4 is 65.4 Å². The van der Waals surface area contributed by atoms with E-state index in [9.17, 15) is 16.4 Å². The van der Waals surface area contributed by atoms with E-state index in [-0.39, 0.29) is 27.5 Å². The number of para-hydroxylation sites is 5. The zero-order valence-electron chi connectivity index (χ0n) is 54.7. The van der Waals surface area contributed by atoms with Gasteiger partial charge < -0.3 is 13.7 Å². The SMILES string of the molecule is [2H]c1c([2H])c([2H])c2c(c1[2H])c1c([2H])c([2H])c([2H])c(-n3c4c([2H])c([2H])c([2H])c([2H])c4c4c([2H])c(-n5c6c([2H])c([2H])c([2H])c([2H])c6c6c([2H])c([2H])c([2H])c([2H])c65)c([2H])c([2H])c43)c1n2-c1cc(-c2ccccc2)cc(-c2cccc(-c3ccccc3)c2)c1. The van der Waals surface area contributed by atoms with Crippen molar-refractivity contribution in [3.05, 3.63) is 236 Å². The summed E-state index contributed by atoms with van der Waals surface area (Å²) in [6.45, 7) is 0. The van der Waals surface area contributed by atoms with Gasteiger partial charge in [0.2, 0.25) is 0 Å². The Morgan fingerprint density at radius 3 is 1.37 bits per heavy atom. The van der Waals surface area contributed by atoms with Gasteiger partial charge in [-0.2, -0.15) is 0 Å². The molecule has 3 heteroatoms. The van der Waals surface area contributed by atoms with Crippen LogP contribution in [-0.4, -0.2) is 13.7 Å². The largest absolute Gasteiger partial charge is 0.309 e. The van der Waals surface area contributed by atoms with Gasteiger partial charge in [-0.3, -0.25) is 0 Å². The molecule has 0 saturated heterocycles. The first kappa shape index (κ1) is 20.0. The third-order valence-electron chi connectivity index (χ3n) is 11.4. The Bertz CT molecular complexity index is 5130. The van der Waals surface area contributed by atoms with E-state index in [1.807, 2.05) is 91.0 Å². The highest BCUT2D eigenvalue weighted by Crippen LogP contribution is 2.42. The second-order valence-electron chi connectivity index (χ2n) is 14.9. The minimum Gasteiger partial charge on any atom is -0.309 e. The first-order valence-electron chi connectivity index (χ1n) is 30.9. The summed E-state index contributed by atoms with van der Waals surface area (Å²) >= 11 is 0. The topological polar surface area (TPSA) is 14.8 Å². The molecule has 13 rings (SSSR count). The van der Waals surface area contributed by atoms with Crippen molar-refractivity contribution in [1.29, 1.82) is 0 Å². The van der Waals surface area contributed by atoms with Crippen LogP contribution in [0, 0.1) is 0 Å². The molecule has 0 radical (unpaired) electrons. The molecule has 0 aliphatic heterocycles. The van der Waals surface area contributed by atoms with E-state index in [0.717, 1.165) is 20.3 Å². The molecular weight excluding hydrogens is 763 g/mol. The molecule has 3 heterocycles. The van der Waals surface area contributed by atoms with Crippen molar-refractivity contribution in [2.24, 2.45) is 0 Å². The molecule has 0 N–H and O–H groups in total. The zero-order valence-corrected chi connectivity index (χ0v) is 32.7. The monoisotopic (exact) mass is 823 g/mol. The third kappa shape index (κ3) is 5.53. The van der Waals surface area contributed by atoms with Crippen LogP contribution >= 0.6 is 0 Å². The van der Waals surface area contributed by atoms with E-state index in [0.29, 0.717) is 22.3 Å². The van der Waals surface area contributed by atoms with Crippen LogP contribution in [0.1, 0.15) is 30.2 Å². The number of aromatic nitrogens is 3. The van der Waals surface area contributed by atoms with Gasteiger partial charge in [-0.15, -0.1) is 0 Å². The minimum absolute atomic E-state index is 0.183. The highest BCUT2D eigenvalue weighted by atomic mass is 15.1. The van der Waals surface area contributed by atoms with Gasteiger partial charge in [0.25, 0.3) is 0 Å². The van der Waals surface area contributed by atoms with Gasteiger partial charge in [-0.25, -0.2) is 0 Å². The molecule has 3 nitrogen and oxygen atoms in total. The standard InChI is InChI=1S/C60H39N3/c1-3-17-40(18-4-1)42-21-15-22-43(35-42)45-36-44(41-19-5-2-6-20-41)37-47(38-45)62-56-30-13-9-25-50(56)52-27-16-32-59(60(52)62)63-57-31-14-10-26-51(57)53-39-46(33-34-58(53)63)61-54-28-11-7-23-48(54)49-24-8-12-29-55(49)61/h1-39H/i7D,8D,9D,10D,11D,12D,13D,14D,16D,23D,24D,25D,26D,27D,28D,29D,30D,31D,32D,33D,34D,39D. The van der Waals surface area contributed by atoms with Crippen LogP contribution < -0.4 is 0 Å². The second-order valence-corrected chi connectivity index (χ2v) is 14.9. The zero-order chi connectivity index (χ0) is 60.6. The summed E-state index contributed by atoms with van der Waals surface area (Å²) in [7, 11) is 0. The molecule has 0 amide bonds. The number of nitrogens with zero attached hydrogens (tertiary/aromatic N) is 3. The maximum Gasteiger partial charge on any atom is 0.0782 e. The number of benzene rings is 10. The van der Waals surface area contributed by atoms with Crippen LogP contribution in [0.5, 0.6) is 0 Å². The van der Waals surface area contributed by atoms with Crippen LogP contribution in [0.15, 0.2) is 236 Å². The predicted molar refractivity (Wildman–Crippen MR) is 266 cm³/mol. The number of hydrogen-bond acceptors (Lipinski definition) is 0. The number of rotatable bonds is 6. The molecule has 13 aromatic rings. The Hall–Kier alpha value is -8.40. The molecule has 0 unspecified atom stereocenters. The second kappa shape index (κ2) is 14.1. The van der Waals surface area contributed by atoms with E-state index in [1.54, 1.807) is 12.1 Å². The Kier molecular flexibility index (Phi) is 4.47. The molecule has 294 valence electrons. The van der Waals surface area contributed by atoms with E-state index < -0.39 is 188 Å². The molecule has 0 spiro atoms. The summed E-state index contributed by atoms with van der Waals surface area (Å²) in [5.41, 5.74) is 0.750. The highest BCUT2D eigenvalue weighted by molar-refractivity contribution is 6.16. The van der Waals surface area contributed by atoms with Crippen LogP contribution in [-0.2, 0) is 0 Å². The Morgan fingerprint density at radius 1 is 0.286 bits per heavy atom. The summed E-state index contributed by atoms with van der Waals surface area (Å²) in [4.78, 5) is 0. The normalized spacial score (nSPS) is 16.7. The first-order chi connectivity index (χ1) is 40.4. The Balaban J connectivity index is 1.26. The van der Waals surface area contributed by atoms with E-state index in [2.05, 4.69) is 0 Å². The third-order valence-corrected chi connectivity index (χ3v) is 11.4. The maximum atomic E-state index is 10.3. The van der Waals surface area contributed by atoms with Crippen LogP contribution in [0.25, 0.3) is 116 Å². The molecular formula is C60H39N3. The van der Waals surface area contributed by atoms with Gasteiger partial charge in [0, 0.05) is 43.7 Å². The molecule has 0 fully saturated rings. The van der Waals surface area contributed by atoms with Crippen molar-refractivity contribution in [1.82, 2.24) is 13.7 Å². The smallest absolute Gasteiger partial charge is 0.0782 e. The highest BCUT2D eigenvalue weighted by Gasteiger charge is 2.22. The molecule has 0 saturated carbocycles. The quantitative estimate of drug-likeness (QED) is 0.159. The predicted octanol–water partition coefficient (Wildman–Crippen LogP) is 16.0. The average molecular weight is 824 g/mol. The fourth-order valence-corrected chi connectivity index (χ4v) is 8.67. The fourth-order valence-electron chi connectivity index (χ4n) is 8.67. The first-order valence-corrected chi connectivity index (χ1v) is 19.9. The molecule has 63 heavy (non-hydrogen) atoms. The molecule has 0 atom stereocenters. The van der Waals surface area contributed by atoms with Gasteiger partial charge in [-0.1, -0.05) is 163 Å². The van der Waals surface area contributed by atoms with Crippen LogP contribution in [0.4, 0.5) is 0 Å². The van der Waals surface area contributed by atoms with Crippen molar-refractivity contribution < 1.29 is 30.2 Å². The van der Waals surface area contributed by atoms with E-state index >= 15 is 0 Å². The van der Waals surface area contributed by atoms with Gasteiger partial charge >= 0.3 is 0 Å². The summed E-state index contributed by atoms with van der Waals surface area (Å²) in [6.07, 6.45) is 0. The lowest BCUT2D eigenvalue weighted by Crippen LogP contribution is -2.01. The summed E-state index contributed by atoms with van der Waals surface area (Å²) < 4.78 is 209. The van der Waals surface area contributed by atoms with Gasteiger partial charge in [0.05, 0.1) is 68.9 Å². The van der Waals surface area contributed by atoms with Gasteiger partial charge in [0.15, 0.2) is 0 Å².